The van der Waals surface area contributed by atoms with Gasteiger partial charge in [0.2, 0.25) is 0 Å². The number of ether oxygens (including phenoxy) is 1. The van der Waals surface area contributed by atoms with Gasteiger partial charge in [-0.1, -0.05) is 28.1 Å². The van der Waals surface area contributed by atoms with Gasteiger partial charge in [0.05, 0.1) is 0 Å². The second-order valence-electron chi connectivity index (χ2n) is 4.34. The van der Waals surface area contributed by atoms with E-state index in [1.165, 1.54) is 17.7 Å². The highest BCUT2D eigenvalue weighted by molar-refractivity contribution is 9.10. The van der Waals surface area contributed by atoms with Crippen LogP contribution in [0.3, 0.4) is 0 Å². The number of hydrogen-bond acceptors (Lipinski definition) is 2. The van der Waals surface area contributed by atoms with E-state index in [4.69, 9.17) is 0 Å². The molecular formula is C15H14BrF2NO. The zero-order chi connectivity index (χ0) is 14.5. The van der Waals surface area contributed by atoms with Crippen molar-refractivity contribution in [2.45, 2.75) is 20.1 Å². The molecule has 0 spiro atoms. The summed E-state index contributed by atoms with van der Waals surface area (Å²) >= 11 is 3.49. The molecule has 2 aromatic carbocycles. The van der Waals surface area contributed by atoms with Crippen molar-refractivity contribution < 1.29 is 13.5 Å². The number of alkyl halides is 2. The third-order valence-corrected chi connectivity index (χ3v) is 3.67. The molecular weight excluding hydrogens is 328 g/mol. The Morgan fingerprint density at radius 3 is 2.45 bits per heavy atom. The van der Waals surface area contributed by atoms with E-state index < -0.39 is 6.61 Å². The number of nitrogens with one attached hydrogen (secondary N) is 1. The lowest BCUT2D eigenvalue weighted by Gasteiger charge is -2.09. The Bertz CT molecular complexity index is 573. The molecule has 0 aliphatic heterocycles. The van der Waals surface area contributed by atoms with Crippen LogP contribution in [0.4, 0.5) is 14.5 Å². The average molecular weight is 342 g/mol. The molecule has 0 fully saturated rings. The summed E-state index contributed by atoms with van der Waals surface area (Å²) in [4.78, 5) is 0. The molecule has 5 heteroatoms. The van der Waals surface area contributed by atoms with Crippen molar-refractivity contribution in [2.75, 3.05) is 5.32 Å². The predicted octanol–water partition coefficient (Wildman–Crippen LogP) is 4.97. The summed E-state index contributed by atoms with van der Waals surface area (Å²) in [6.07, 6.45) is 0. The van der Waals surface area contributed by atoms with E-state index in [1.807, 2.05) is 19.1 Å². The first kappa shape index (κ1) is 14.8. The van der Waals surface area contributed by atoms with Gasteiger partial charge in [0.15, 0.2) is 0 Å². The fraction of sp³-hybridized carbons (Fsp3) is 0.200. The van der Waals surface area contributed by atoms with Gasteiger partial charge in [-0.25, -0.2) is 0 Å². The van der Waals surface area contributed by atoms with Crippen molar-refractivity contribution >= 4 is 21.6 Å². The Morgan fingerprint density at radius 2 is 1.85 bits per heavy atom. The van der Waals surface area contributed by atoms with Gasteiger partial charge in [-0.05, 0) is 48.4 Å². The van der Waals surface area contributed by atoms with Crippen molar-refractivity contribution in [1.29, 1.82) is 0 Å². The Balaban J connectivity index is 1.95. The topological polar surface area (TPSA) is 21.3 Å². The standard InChI is InChI=1S/C15H14BrF2NO/c1-10-2-3-11(8-14(10)16)9-19-12-4-6-13(7-5-12)20-15(17)18/h2-8,15,19H,9H2,1H3. The number of hydrogen-bond donors (Lipinski definition) is 1. The molecule has 2 aromatic rings. The van der Waals surface area contributed by atoms with Crippen LogP contribution in [0.25, 0.3) is 0 Å². The zero-order valence-electron chi connectivity index (χ0n) is 10.9. The van der Waals surface area contributed by atoms with Gasteiger partial charge >= 0.3 is 6.61 Å². The molecule has 0 unspecified atom stereocenters. The van der Waals surface area contributed by atoms with Gasteiger partial charge < -0.3 is 10.1 Å². The smallest absolute Gasteiger partial charge is 0.387 e. The Labute approximate surface area is 124 Å². The molecule has 0 radical (unpaired) electrons. The molecule has 106 valence electrons. The maximum absolute atomic E-state index is 12.0. The number of rotatable bonds is 5. The van der Waals surface area contributed by atoms with E-state index >= 15 is 0 Å². The third-order valence-electron chi connectivity index (χ3n) is 2.81. The van der Waals surface area contributed by atoms with E-state index in [-0.39, 0.29) is 5.75 Å². The minimum absolute atomic E-state index is 0.156. The molecule has 2 rings (SSSR count). The molecule has 1 N–H and O–H groups in total. The summed E-state index contributed by atoms with van der Waals surface area (Å²) in [6.45, 7) is -0.101. The van der Waals surface area contributed by atoms with E-state index in [0.29, 0.717) is 6.54 Å². The second-order valence-corrected chi connectivity index (χ2v) is 5.19. The van der Waals surface area contributed by atoms with Crippen molar-refractivity contribution in [1.82, 2.24) is 0 Å². The zero-order valence-corrected chi connectivity index (χ0v) is 12.5. The quantitative estimate of drug-likeness (QED) is 0.828. The molecule has 2 nitrogen and oxygen atoms in total. The van der Waals surface area contributed by atoms with Crippen LogP contribution < -0.4 is 10.1 Å². The van der Waals surface area contributed by atoms with Gasteiger partial charge in [0, 0.05) is 16.7 Å². The minimum atomic E-state index is -2.79. The van der Waals surface area contributed by atoms with Crippen molar-refractivity contribution in [2.24, 2.45) is 0 Å². The molecule has 0 heterocycles. The molecule has 0 aliphatic carbocycles. The van der Waals surface area contributed by atoms with Crippen molar-refractivity contribution in [3.63, 3.8) is 0 Å². The first-order valence-corrected chi connectivity index (χ1v) is 6.87. The molecule has 20 heavy (non-hydrogen) atoms. The SMILES string of the molecule is Cc1ccc(CNc2ccc(OC(F)F)cc2)cc1Br. The van der Waals surface area contributed by atoms with Crippen LogP contribution in [-0.4, -0.2) is 6.61 Å². The molecule has 0 bridgehead atoms. The maximum atomic E-state index is 12.0. The fourth-order valence-corrected chi connectivity index (χ4v) is 2.13. The van der Waals surface area contributed by atoms with Crippen LogP contribution >= 0.6 is 15.9 Å². The fourth-order valence-electron chi connectivity index (χ4n) is 1.70. The number of benzene rings is 2. The normalized spacial score (nSPS) is 10.7. The number of anilines is 1. The third kappa shape index (κ3) is 4.20. The van der Waals surface area contributed by atoms with Crippen molar-refractivity contribution in [3.8, 4) is 5.75 Å². The lowest BCUT2D eigenvalue weighted by molar-refractivity contribution is -0.0498. The summed E-state index contributed by atoms with van der Waals surface area (Å²) in [5.41, 5.74) is 3.17. The Hall–Kier alpha value is -1.62. The van der Waals surface area contributed by atoms with Crippen molar-refractivity contribution in [3.05, 3.63) is 58.1 Å². The molecule has 0 amide bonds. The number of aryl methyl sites for hydroxylation is 1. The summed E-state index contributed by atoms with van der Waals surface area (Å²) in [5, 5.41) is 3.22. The van der Waals surface area contributed by atoms with Gasteiger partial charge in [0.25, 0.3) is 0 Å². The maximum Gasteiger partial charge on any atom is 0.387 e. The van der Waals surface area contributed by atoms with Crippen LogP contribution in [-0.2, 0) is 6.54 Å². The largest absolute Gasteiger partial charge is 0.435 e. The highest BCUT2D eigenvalue weighted by atomic mass is 79.9. The monoisotopic (exact) mass is 341 g/mol. The van der Waals surface area contributed by atoms with E-state index in [9.17, 15) is 8.78 Å². The highest BCUT2D eigenvalue weighted by Gasteiger charge is 2.03. The van der Waals surface area contributed by atoms with Crippen LogP contribution in [0.2, 0.25) is 0 Å². The van der Waals surface area contributed by atoms with Gasteiger partial charge in [0.1, 0.15) is 5.75 Å². The Kier molecular flexibility index (Phi) is 4.95. The molecule has 0 atom stereocenters. The van der Waals surface area contributed by atoms with Crippen LogP contribution in [0.1, 0.15) is 11.1 Å². The first-order chi connectivity index (χ1) is 9.54. The van der Waals surface area contributed by atoms with Gasteiger partial charge in [-0.15, -0.1) is 0 Å². The molecule has 0 aliphatic rings. The van der Waals surface area contributed by atoms with Gasteiger partial charge in [-0.3, -0.25) is 0 Å². The lowest BCUT2D eigenvalue weighted by atomic mass is 10.1. The predicted molar refractivity (Wildman–Crippen MR) is 79.3 cm³/mol. The summed E-state index contributed by atoms with van der Waals surface area (Å²) in [6, 6.07) is 12.6. The number of halogens is 3. The van der Waals surface area contributed by atoms with E-state index in [1.54, 1.807) is 12.1 Å². The van der Waals surface area contributed by atoms with Crippen LogP contribution in [0.5, 0.6) is 5.75 Å². The van der Waals surface area contributed by atoms with Crippen LogP contribution in [0, 0.1) is 6.92 Å². The summed E-state index contributed by atoms with van der Waals surface area (Å²) < 4.78 is 29.4. The lowest BCUT2D eigenvalue weighted by Crippen LogP contribution is -2.02. The highest BCUT2D eigenvalue weighted by Crippen LogP contribution is 2.20. The molecule has 0 saturated heterocycles. The first-order valence-electron chi connectivity index (χ1n) is 6.08. The molecule has 0 saturated carbocycles. The van der Waals surface area contributed by atoms with E-state index in [2.05, 4.69) is 32.0 Å². The summed E-state index contributed by atoms with van der Waals surface area (Å²) in [5.74, 6) is 0.156. The molecule has 0 aromatic heterocycles. The second kappa shape index (κ2) is 6.70. The summed E-state index contributed by atoms with van der Waals surface area (Å²) in [7, 11) is 0. The minimum Gasteiger partial charge on any atom is -0.435 e. The Morgan fingerprint density at radius 1 is 1.15 bits per heavy atom. The average Bonchev–Trinajstić information content (AvgIpc) is 2.41. The van der Waals surface area contributed by atoms with Crippen LogP contribution in [0.15, 0.2) is 46.9 Å². The van der Waals surface area contributed by atoms with E-state index in [0.717, 1.165) is 15.7 Å². The van der Waals surface area contributed by atoms with Gasteiger partial charge in [-0.2, -0.15) is 8.78 Å².